The summed E-state index contributed by atoms with van der Waals surface area (Å²) >= 11 is 6.84. The van der Waals surface area contributed by atoms with Gasteiger partial charge in [-0.3, -0.25) is 0 Å². The van der Waals surface area contributed by atoms with Gasteiger partial charge >= 0.3 is 0 Å². The summed E-state index contributed by atoms with van der Waals surface area (Å²) in [5.74, 6) is 0.447. The van der Waals surface area contributed by atoms with Gasteiger partial charge in [-0.2, -0.15) is 0 Å². The zero-order valence-electron chi connectivity index (χ0n) is 6.64. The van der Waals surface area contributed by atoms with Crippen molar-refractivity contribution in [2.24, 2.45) is 0 Å². The monoisotopic (exact) mass is 303 g/mol. The zero-order valence-corrected chi connectivity index (χ0v) is 9.81. The number of hydrogen-bond donors (Lipinski definition) is 2. The van der Waals surface area contributed by atoms with Gasteiger partial charge in [0.25, 0.3) is 0 Å². The minimum atomic E-state index is 0.447. The van der Waals surface area contributed by atoms with E-state index in [1.165, 1.54) is 5.56 Å². The molecule has 0 spiro atoms. The second-order valence-electron chi connectivity index (χ2n) is 2.73. The molecule has 0 unspecified atom stereocenters. The van der Waals surface area contributed by atoms with Gasteiger partial charge in [0, 0.05) is 9.80 Å². The van der Waals surface area contributed by atoms with Crippen LogP contribution >= 0.6 is 31.9 Å². The molecule has 2 rings (SSSR count). The smallest absolute Gasteiger partial charge is 0.198 e. The Balaban J connectivity index is 2.75. The van der Waals surface area contributed by atoms with Crippen LogP contribution in [-0.4, -0.2) is 9.97 Å². The predicted octanol–water partition coefficient (Wildman–Crippen LogP) is 2.80. The van der Waals surface area contributed by atoms with Gasteiger partial charge in [-0.15, -0.1) is 0 Å². The molecule has 5 heteroatoms. The van der Waals surface area contributed by atoms with E-state index in [1.54, 1.807) is 0 Å². The molecular formula is C8H7Br2N3. The van der Waals surface area contributed by atoms with Crippen LogP contribution in [0.4, 0.5) is 5.95 Å². The van der Waals surface area contributed by atoms with Crippen LogP contribution in [0.15, 0.2) is 16.6 Å². The standard InChI is InChI=1S/C8H7Br2N3/c9-3-4-1-5(10)7-6(2-4)12-8(11)13-7/h1-2H,3H2,(H3,11,12,13). The molecule has 0 saturated carbocycles. The molecule has 3 nitrogen and oxygen atoms in total. The van der Waals surface area contributed by atoms with Crippen LogP contribution in [0.5, 0.6) is 0 Å². The normalized spacial score (nSPS) is 10.9. The summed E-state index contributed by atoms with van der Waals surface area (Å²) in [5.41, 5.74) is 8.57. The Morgan fingerprint density at radius 2 is 2.23 bits per heavy atom. The van der Waals surface area contributed by atoms with Crippen molar-refractivity contribution in [2.75, 3.05) is 5.73 Å². The number of anilines is 1. The third-order valence-corrected chi connectivity index (χ3v) is 3.02. The highest BCUT2D eigenvalue weighted by molar-refractivity contribution is 9.10. The molecule has 0 amide bonds. The van der Waals surface area contributed by atoms with Crippen molar-refractivity contribution in [3.63, 3.8) is 0 Å². The second-order valence-corrected chi connectivity index (χ2v) is 4.14. The van der Waals surface area contributed by atoms with Crippen LogP contribution in [0, 0.1) is 0 Å². The van der Waals surface area contributed by atoms with Crippen molar-refractivity contribution in [2.45, 2.75) is 5.33 Å². The third kappa shape index (κ3) is 1.58. The average molecular weight is 305 g/mol. The zero-order chi connectivity index (χ0) is 9.42. The molecule has 1 heterocycles. The summed E-state index contributed by atoms with van der Waals surface area (Å²) in [7, 11) is 0. The molecule has 1 aromatic heterocycles. The Morgan fingerprint density at radius 3 is 2.92 bits per heavy atom. The molecule has 0 atom stereocenters. The van der Waals surface area contributed by atoms with Crippen molar-refractivity contribution in [3.05, 3.63) is 22.2 Å². The number of aromatic amines is 1. The Bertz CT molecular complexity index is 450. The van der Waals surface area contributed by atoms with Crippen molar-refractivity contribution in [3.8, 4) is 0 Å². The summed E-state index contributed by atoms with van der Waals surface area (Å²) in [6, 6.07) is 4.05. The number of H-pyrrole nitrogens is 1. The lowest BCUT2D eigenvalue weighted by atomic mass is 10.2. The van der Waals surface area contributed by atoms with Crippen LogP contribution in [0.25, 0.3) is 11.0 Å². The van der Waals surface area contributed by atoms with Crippen LogP contribution in [0.3, 0.4) is 0 Å². The highest BCUT2D eigenvalue weighted by Gasteiger charge is 2.05. The fourth-order valence-corrected chi connectivity index (χ4v) is 2.15. The number of rotatable bonds is 1. The van der Waals surface area contributed by atoms with Crippen LogP contribution in [0.1, 0.15) is 5.56 Å². The molecule has 2 aromatic rings. The molecule has 3 N–H and O–H groups in total. The number of nitrogens with one attached hydrogen (secondary N) is 1. The van der Waals surface area contributed by atoms with Gasteiger partial charge in [0.1, 0.15) is 5.52 Å². The lowest BCUT2D eigenvalue weighted by molar-refractivity contribution is 1.35. The SMILES string of the molecule is Nc1nc2c(Br)cc(CBr)cc2[nH]1. The molecule has 0 fully saturated rings. The summed E-state index contributed by atoms with van der Waals surface area (Å²) in [5, 5.41) is 0.820. The van der Waals surface area contributed by atoms with E-state index in [9.17, 15) is 0 Å². The van der Waals surface area contributed by atoms with E-state index in [0.717, 1.165) is 20.8 Å². The predicted molar refractivity (Wildman–Crippen MR) is 60.8 cm³/mol. The number of hydrogen-bond acceptors (Lipinski definition) is 2. The first-order valence-electron chi connectivity index (χ1n) is 3.70. The van der Waals surface area contributed by atoms with Gasteiger partial charge in [-0.05, 0) is 33.6 Å². The number of nitrogen functional groups attached to an aromatic ring is 1. The van der Waals surface area contributed by atoms with Crippen LogP contribution in [0.2, 0.25) is 0 Å². The van der Waals surface area contributed by atoms with Gasteiger partial charge < -0.3 is 10.7 Å². The van der Waals surface area contributed by atoms with Gasteiger partial charge in [0.05, 0.1) is 5.52 Å². The summed E-state index contributed by atoms with van der Waals surface area (Å²) in [6.45, 7) is 0. The Hall–Kier alpha value is -0.550. The molecule has 0 aliphatic carbocycles. The van der Waals surface area contributed by atoms with E-state index < -0.39 is 0 Å². The molecular weight excluding hydrogens is 298 g/mol. The fourth-order valence-electron chi connectivity index (χ4n) is 1.23. The molecule has 0 radical (unpaired) electrons. The minimum Gasteiger partial charge on any atom is -0.369 e. The maximum absolute atomic E-state index is 5.55. The maximum Gasteiger partial charge on any atom is 0.198 e. The van der Waals surface area contributed by atoms with Gasteiger partial charge in [0.2, 0.25) is 0 Å². The van der Waals surface area contributed by atoms with E-state index in [-0.39, 0.29) is 0 Å². The molecule has 0 aliphatic heterocycles. The first-order chi connectivity index (χ1) is 6.20. The fraction of sp³-hybridized carbons (Fsp3) is 0.125. The summed E-state index contributed by atoms with van der Waals surface area (Å²) in [6.07, 6.45) is 0. The van der Waals surface area contributed by atoms with Gasteiger partial charge in [-0.1, -0.05) is 15.9 Å². The molecule has 0 bridgehead atoms. The van der Waals surface area contributed by atoms with E-state index >= 15 is 0 Å². The molecule has 0 saturated heterocycles. The Morgan fingerprint density at radius 1 is 1.46 bits per heavy atom. The van der Waals surface area contributed by atoms with Crippen molar-refractivity contribution in [1.29, 1.82) is 0 Å². The van der Waals surface area contributed by atoms with Gasteiger partial charge in [0.15, 0.2) is 5.95 Å². The summed E-state index contributed by atoms with van der Waals surface area (Å²) in [4.78, 5) is 7.14. The minimum absolute atomic E-state index is 0.447. The number of imidazole rings is 1. The van der Waals surface area contributed by atoms with Crippen molar-refractivity contribution in [1.82, 2.24) is 9.97 Å². The molecule has 0 aliphatic rings. The largest absolute Gasteiger partial charge is 0.369 e. The first kappa shape index (κ1) is 9.02. The second kappa shape index (κ2) is 3.31. The van der Waals surface area contributed by atoms with E-state index in [4.69, 9.17) is 5.73 Å². The van der Waals surface area contributed by atoms with Crippen molar-refractivity contribution >= 4 is 48.8 Å². The lowest BCUT2D eigenvalue weighted by Crippen LogP contribution is -1.84. The third-order valence-electron chi connectivity index (χ3n) is 1.77. The number of nitrogens with two attached hydrogens (primary N) is 1. The molecule has 68 valence electrons. The average Bonchev–Trinajstić information content (AvgIpc) is 2.46. The number of fused-ring (bicyclic) bond motifs is 1. The highest BCUT2D eigenvalue weighted by atomic mass is 79.9. The number of alkyl halides is 1. The molecule has 13 heavy (non-hydrogen) atoms. The van der Waals surface area contributed by atoms with Gasteiger partial charge in [-0.25, -0.2) is 4.98 Å². The number of aromatic nitrogens is 2. The maximum atomic E-state index is 5.55. The Labute approximate surface area is 92.0 Å². The number of halogens is 2. The van der Waals surface area contributed by atoms with E-state index in [0.29, 0.717) is 5.95 Å². The lowest BCUT2D eigenvalue weighted by Gasteiger charge is -1.97. The summed E-state index contributed by atoms with van der Waals surface area (Å²) < 4.78 is 0.965. The first-order valence-corrected chi connectivity index (χ1v) is 5.61. The van der Waals surface area contributed by atoms with E-state index in [1.807, 2.05) is 12.1 Å². The van der Waals surface area contributed by atoms with Crippen molar-refractivity contribution < 1.29 is 0 Å². The molecule has 1 aromatic carbocycles. The quantitative estimate of drug-likeness (QED) is 0.796. The number of benzene rings is 1. The van der Waals surface area contributed by atoms with Crippen LogP contribution in [-0.2, 0) is 5.33 Å². The highest BCUT2D eigenvalue weighted by Crippen LogP contribution is 2.25. The Kier molecular flexibility index (Phi) is 2.29. The topological polar surface area (TPSA) is 54.7 Å². The number of nitrogens with zero attached hydrogens (tertiary/aromatic N) is 1. The van der Waals surface area contributed by atoms with E-state index in [2.05, 4.69) is 41.8 Å². The van der Waals surface area contributed by atoms with Crippen LogP contribution < -0.4 is 5.73 Å².